The van der Waals surface area contributed by atoms with Crippen LogP contribution in [0.4, 0.5) is 4.39 Å². The van der Waals surface area contributed by atoms with Gasteiger partial charge in [0.2, 0.25) is 5.88 Å². The van der Waals surface area contributed by atoms with Crippen LogP contribution in [-0.2, 0) is 6.54 Å². The van der Waals surface area contributed by atoms with Gasteiger partial charge in [-0.3, -0.25) is 0 Å². The van der Waals surface area contributed by atoms with Gasteiger partial charge in [-0.15, -0.1) is 0 Å². The van der Waals surface area contributed by atoms with Gasteiger partial charge in [0.05, 0.1) is 24.8 Å². The van der Waals surface area contributed by atoms with Crippen LogP contribution in [0.2, 0.25) is 0 Å². The van der Waals surface area contributed by atoms with Crippen molar-refractivity contribution < 1.29 is 9.13 Å². The summed E-state index contributed by atoms with van der Waals surface area (Å²) in [5.74, 6) is 1.65. The molecule has 4 aromatic rings. The summed E-state index contributed by atoms with van der Waals surface area (Å²) in [6.45, 7) is 4.51. The van der Waals surface area contributed by atoms with Crippen LogP contribution in [0.3, 0.4) is 0 Å². The van der Waals surface area contributed by atoms with Gasteiger partial charge in [-0.25, -0.2) is 24.0 Å². The van der Waals surface area contributed by atoms with E-state index in [-0.39, 0.29) is 11.7 Å². The van der Waals surface area contributed by atoms with Crippen molar-refractivity contribution in [2.45, 2.75) is 39.2 Å². The molecule has 3 aromatic heterocycles. The lowest BCUT2D eigenvalue weighted by molar-refractivity contribution is 0.395. The fourth-order valence-electron chi connectivity index (χ4n) is 4.27. The number of hydrogen-bond donors (Lipinski definition) is 0. The van der Waals surface area contributed by atoms with E-state index in [0.717, 1.165) is 42.3 Å². The maximum absolute atomic E-state index is 14.8. The molecule has 168 valence electrons. The normalized spacial score (nSPS) is 15.7. The molecular weight excluding hydrogens is 419 g/mol. The molecule has 1 atom stereocenters. The zero-order valence-electron chi connectivity index (χ0n) is 18.9. The van der Waals surface area contributed by atoms with E-state index in [0.29, 0.717) is 22.8 Å². The lowest BCUT2D eigenvalue weighted by Crippen LogP contribution is -2.19. The van der Waals surface area contributed by atoms with E-state index in [2.05, 4.69) is 15.1 Å². The molecule has 0 bridgehead atoms. The minimum Gasteiger partial charge on any atom is -0.479 e. The highest BCUT2D eigenvalue weighted by atomic mass is 19.1. The van der Waals surface area contributed by atoms with Crippen LogP contribution in [0, 0.1) is 19.7 Å². The van der Waals surface area contributed by atoms with E-state index in [9.17, 15) is 4.39 Å². The zero-order chi connectivity index (χ0) is 22.9. The first-order chi connectivity index (χ1) is 16.0. The number of aryl methyl sites for hydroxylation is 3. The summed E-state index contributed by atoms with van der Waals surface area (Å²) in [6, 6.07) is 9.39. The van der Waals surface area contributed by atoms with E-state index in [1.807, 2.05) is 58.8 Å². The third-order valence-corrected chi connectivity index (χ3v) is 5.94. The Balaban J connectivity index is 1.42. The number of imidazole rings is 1. The van der Waals surface area contributed by atoms with Gasteiger partial charge in [-0.1, -0.05) is 18.2 Å². The van der Waals surface area contributed by atoms with Crippen molar-refractivity contribution in [3.63, 3.8) is 0 Å². The highest BCUT2D eigenvalue weighted by molar-refractivity contribution is 5.65. The first-order valence-electron chi connectivity index (χ1n) is 11.0. The molecule has 1 aromatic carbocycles. The molecule has 0 radical (unpaired) electrons. The quantitative estimate of drug-likeness (QED) is 0.446. The Bertz CT molecular complexity index is 1340. The Morgan fingerprint density at radius 2 is 2.00 bits per heavy atom. The number of benzene rings is 1. The molecule has 0 amide bonds. The number of fused-ring (bicyclic) bond motifs is 1. The molecule has 0 saturated heterocycles. The number of pyridine rings is 1. The highest BCUT2D eigenvalue weighted by Crippen LogP contribution is 2.34. The van der Waals surface area contributed by atoms with Crippen LogP contribution in [0.5, 0.6) is 5.88 Å². The van der Waals surface area contributed by atoms with E-state index < -0.39 is 0 Å². The van der Waals surface area contributed by atoms with Gasteiger partial charge >= 0.3 is 0 Å². The molecule has 7 nitrogen and oxygen atoms in total. The molecule has 0 N–H and O–H groups in total. The van der Waals surface area contributed by atoms with Gasteiger partial charge < -0.3 is 9.30 Å². The van der Waals surface area contributed by atoms with Crippen molar-refractivity contribution in [3.05, 3.63) is 82.8 Å². The van der Waals surface area contributed by atoms with Crippen molar-refractivity contribution in [2.75, 3.05) is 7.11 Å². The standard InChI is InChI=1S/C25H25FN6O/c1-16-6-4-7-19(23(16)26)20-8-5-13-32-24(20)29-22(30-32)12-10-18-9-11-21(25(28-18)33-3)31-14-17(2)27-15-31/h4,6-7,9-12,14-15,20H,5,8,13H2,1-3H3/b12-10+/t20-/m1/s1. The van der Waals surface area contributed by atoms with Gasteiger partial charge in [0.15, 0.2) is 5.82 Å². The molecule has 1 aliphatic heterocycles. The molecular formula is C25H25FN6O. The highest BCUT2D eigenvalue weighted by Gasteiger charge is 2.27. The summed E-state index contributed by atoms with van der Waals surface area (Å²) >= 11 is 0. The Hall–Kier alpha value is -3.81. The van der Waals surface area contributed by atoms with Crippen LogP contribution in [0.25, 0.3) is 17.8 Å². The van der Waals surface area contributed by atoms with Crippen molar-refractivity contribution in [2.24, 2.45) is 0 Å². The van der Waals surface area contributed by atoms with Crippen LogP contribution < -0.4 is 4.74 Å². The predicted molar refractivity (Wildman–Crippen MR) is 124 cm³/mol. The zero-order valence-corrected chi connectivity index (χ0v) is 18.9. The molecule has 0 aliphatic carbocycles. The summed E-state index contributed by atoms with van der Waals surface area (Å²) in [7, 11) is 1.60. The van der Waals surface area contributed by atoms with E-state index in [1.165, 1.54) is 0 Å². The molecule has 0 unspecified atom stereocenters. The predicted octanol–water partition coefficient (Wildman–Crippen LogP) is 4.72. The minimum absolute atomic E-state index is 0.0931. The fourth-order valence-corrected chi connectivity index (χ4v) is 4.27. The molecule has 0 fully saturated rings. The molecule has 8 heteroatoms. The van der Waals surface area contributed by atoms with Gasteiger partial charge in [0.1, 0.15) is 17.3 Å². The van der Waals surface area contributed by atoms with Crippen molar-refractivity contribution in [1.29, 1.82) is 0 Å². The fraction of sp³-hybridized carbons (Fsp3) is 0.280. The topological polar surface area (TPSA) is 70.7 Å². The van der Waals surface area contributed by atoms with Gasteiger partial charge in [-0.2, -0.15) is 5.10 Å². The largest absolute Gasteiger partial charge is 0.479 e. The van der Waals surface area contributed by atoms with Gasteiger partial charge in [0.25, 0.3) is 0 Å². The Labute approximate surface area is 191 Å². The number of hydrogen-bond acceptors (Lipinski definition) is 5. The average molecular weight is 445 g/mol. The van der Waals surface area contributed by atoms with Crippen LogP contribution >= 0.6 is 0 Å². The number of aromatic nitrogens is 6. The summed E-state index contributed by atoms with van der Waals surface area (Å²) in [4.78, 5) is 13.6. The lowest BCUT2D eigenvalue weighted by Gasteiger charge is -2.23. The first kappa shape index (κ1) is 21.1. The Morgan fingerprint density at radius 3 is 2.79 bits per heavy atom. The molecule has 4 heterocycles. The average Bonchev–Trinajstić information content (AvgIpc) is 3.45. The van der Waals surface area contributed by atoms with Crippen LogP contribution in [0.1, 0.15) is 52.9 Å². The van der Waals surface area contributed by atoms with Crippen LogP contribution in [-0.4, -0.2) is 36.4 Å². The second-order valence-corrected chi connectivity index (χ2v) is 8.24. The van der Waals surface area contributed by atoms with Crippen molar-refractivity contribution >= 4 is 12.2 Å². The molecule has 0 saturated carbocycles. The van der Waals surface area contributed by atoms with Gasteiger partial charge in [0, 0.05) is 18.7 Å². The van der Waals surface area contributed by atoms with E-state index >= 15 is 0 Å². The number of halogens is 1. The summed E-state index contributed by atoms with van der Waals surface area (Å²) in [5, 5.41) is 4.63. The molecule has 1 aliphatic rings. The maximum Gasteiger partial charge on any atom is 0.238 e. The Kier molecular flexibility index (Phi) is 5.50. The molecule has 5 rings (SSSR count). The summed E-state index contributed by atoms with van der Waals surface area (Å²) in [5.41, 5.74) is 3.80. The van der Waals surface area contributed by atoms with E-state index in [1.54, 1.807) is 26.4 Å². The smallest absolute Gasteiger partial charge is 0.238 e. The minimum atomic E-state index is -0.152. The molecule has 33 heavy (non-hydrogen) atoms. The number of nitrogens with zero attached hydrogens (tertiary/aromatic N) is 6. The number of rotatable bonds is 5. The third-order valence-electron chi connectivity index (χ3n) is 5.94. The van der Waals surface area contributed by atoms with Crippen LogP contribution in [0.15, 0.2) is 42.9 Å². The third kappa shape index (κ3) is 4.04. The maximum atomic E-state index is 14.8. The number of methoxy groups -OCH3 is 1. The summed E-state index contributed by atoms with van der Waals surface area (Å²) < 4.78 is 24.1. The summed E-state index contributed by atoms with van der Waals surface area (Å²) in [6.07, 6.45) is 9.13. The molecule has 0 spiro atoms. The van der Waals surface area contributed by atoms with Crippen molar-refractivity contribution in [1.82, 2.24) is 29.3 Å². The monoisotopic (exact) mass is 444 g/mol. The lowest BCUT2D eigenvalue weighted by atomic mass is 9.90. The second-order valence-electron chi connectivity index (χ2n) is 8.24. The van der Waals surface area contributed by atoms with Crippen molar-refractivity contribution in [3.8, 4) is 11.6 Å². The van der Waals surface area contributed by atoms with E-state index in [4.69, 9.17) is 9.72 Å². The first-order valence-corrected chi connectivity index (χ1v) is 11.0. The Morgan fingerprint density at radius 1 is 1.12 bits per heavy atom. The SMILES string of the molecule is COc1nc(/C=C/c2nc3n(n2)CCC[C@@H]3c2cccc(C)c2F)ccc1-n1cnc(C)c1. The van der Waals surface area contributed by atoms with Gasteiger partial charge in [-0.05, 0) is 62.1 Å². The number of ether oxygens (including phenoxy) is 1. The second kappa shape index (κ2) is 8.61.